The van der Waals surface area contributed by atoms with Crippen molar-refractivity contribution in [3.05, 3.63) is 118 Å². The average molecular weight is 811 g/mol. The number of anilines is 1. The van der Waals surface area contributed by atoms with Crippen molar-refractivity contribution in [1.29, 1.82) is 0 Å². The Kier molecular flexibility index (Phi) is 18.3. The van der Waals surface area contributed by atoms with E-state index < -0.39 is 64.1 Å². The van der Waals surface area contributed by atoms with Gasteiger partial charge in [-0.3, -0.25) is 4.79 Å². The highest BCUT2D eigenvalue weighted by atomic mass is 32.2. The largest absolute Gasteiger partial charge is 0.453 e. The van der Waals surface area contributed by atoms with Gasteiger partial charge in [-0.05, 0) is 59.7 Å². The Morgan fingerprint density at radius 1 is 0.909 bits per heavy atom. The number of methoxy groups -OCH3 is 1. The molecule has 0 saturated carbocycles. The Bertz CT molecular complexity index is 1850. The average Bonchev–Trinajstić information content (AvgIpc) is 3.62. The fraction of sp³-hybridized carbons (Fsp3) is 0.385. The number of thiophene rings is 1. The number of amides is 2. The van der Waals surface area contributed by atoms with Crippen molar-refractivity contribution in [2.24, 2.45) is 5.41 Å². The first-order valence-electron chi connectivity index (χ1n) is 17.4. The van der Waals surface area contributed by atoms with E-state index in [9.17, 15) is 40.7 Å². The molecule has 4 aromatic rings. The van der Waals surface area contributed by atoms with Crippen LogP contribution >= 0.6 is 11.3 Å². The smallest absolute Gasteiger partial charge is 0.413 e. The summed E-state index contributed by atoms with van der Waals surface area (Å²) < 4.78 is 88.3. The number of ether oxygens (including phenoxy) is 1. The third-order valence-electron chi connectivity index (χ3n) is 7.75. The molecule has 16 heteroatoms. The lowest BCUT2D eigenvalue weighted by Crippen LogP contribution is -2.43. The molecule has 0 radical (unpaired) electrons. The number of carbonyl (C=O) groups is 2. The first-order chi connectivity index (χ1) is 25.8. The van der Waals surface area contributed by atoms with Crippen LogP contribution in [0.4, 0.5) is 28.0 Å². The van der Waals surface area contributed by atoms with Crippen molar-refractivity contribution in [3.63, 3.8) is 0 Å². The minimum atomic E-state index is -4.95. The van der Waals surface area contributed by atoms with Crippen molar-refractivity contribution in [3.8, 4) is 0 Å². The van der Waals surface area contributed by atoms with Gasteiger partial charge in [-0.25, -0.2) is 17.6 Å². The van der Waals surface area contributed by atoms with Gasteiger partial charge in [0.25, 0.3) is 0 Å². The summed E-state index contributed by atoms with van der Waals surface area (Å²) in [5.74, 6) is -2.12. The molecule has 1 heterocycles. The Labute approximate surface area is 324 Å². The van der Waals surface area contributed by atoms with Gasteiger partial charge in [-0.15, -0.1) is 11.3 Å². The Balaban J connectivity index is 0.000000576. The van der Waals surface area contributed by atoms with Crippen LogP contribution in [0.2, 0.25) is 0 Å². The van der Waals surface area contributed by atoms with Crippen LogP contribution in [0.3, 0.4) is 0 Å². The zero-order chi connectivity index (χ0) is 41.4. The van der Waals surface area contributed by atoms with Gasteiger partial charge in [-0.1, -0.05) is 95.3 Å². The molecule has 1 aromatic heterocycles. The molecule has 3 aromatic carbocycles. The minimum absolute atomic E-state index is 0.0575. The number of halogens is 4. The molecule has 55 heavy (non-hydrogen) atoms. The van der Waals surface area contributed by atoms with Crippen LogP contribution < -0.4 is 16.4 Å². The van der Waals surface area contributed by atoms with Crippen molar-refractivity contribution < 1.29 is 45.4 Å². The quantitative estimate of drug-likeness (QED) is 0.0789. The van der Waals surface area contributed by atoms with E-state index in [-0.39, 0.29) is 27.4 Å². The number of nitrogens with one attached hydrogen (secondary N) is 2. The van der Waals surface area contributed by atoms with Crippen molar-refractivity contribution in [2.75, 3.05) is 32.5 Å². The third-order valence-corrected chi connectivity index (χ3v) is 10.9. The second kappa shape index (κ2) is 21.5. The Morgan fingerprint density at radius 2 is 1.45 bits per heavy atom. The van der Waals surface area contributed by atoms with Crippen molar-refractivity contribution in [1.82, 2.24) is 14.9 Å². The summed E-state index contributed by atoms with van der Waals surface area (Å²) >= 11 is 0.543. The van der Waals surface area contributed by atoms with Crippen LogP contribution in [0, 0.1) is 11.2 Å². The summed E-state index contributed by atoms with van der Waals surface area (Å²) in [5, 5.41) is 14.0. The summed E-state index contributed by atoms with van der Waals surface area (Å²) in [6, 6.07) is 22.5. The number of nitrogens with zero attached hydrogens (tertiary/aromatic N) is 1. The number of alkyl halides is 3. The molecule has 4 rings (SSSR count). The van der Waals surface area contributed by atoms with Crippen LogP contribution in [0.15, 0.2) is 95.9 Å². The van der Waals surface area contributed by atoms with Gasteiger partial charge in [0.2, 0.25) is 15.9 Å². The molecule has 2 unspecified atom stereocenters. The van der Waals surface area contributed by atoms with E-state index in [4.69, 9.17) is 5.73 Å². The van der Waals surface area contributed by atoms with Gasteiger partial charge in [-0.2, -0.15) is 17.5 Å². The molecular weight excluding hydrogens is 761 g/mol. The molecule has 2 atom stereocenters. The fourth-order valence-electron chi connectivity index (χ4n) is 4.90. The summed E-state index contributed by atoms with van der Waals surface area (Å²) in [5.41, 5.74) is 7.57. The topological polar surface area (TPSA) is 151 Å². The van der Waals surface area contributed by atoms with Crippen LogP contribution in [0.25, 0.3) is 0 Å². The lowest BCUT2D eigenvalue weighted by Gasteiger charge is -2.31. The summed E-state index contributed by atoms with van der Waals surface area (Å²) in [6.07, 6.45) is -4.63. The number of hydrogen-bond donors (Lipinski definition) is 4. The minimum Gasteiger partial charge on any atom is -0.453 e. The number of nitrogens with two attached hydrogens (primary N) is 1. The number of aliphatic hydroxyl groups is 1. The lowest BCUT2D eigenvalue weighted by molar-refractivity contribution is -0.162. The van der Waals surface area contributed by atoms with Gasteiger partial charge in [0.1, 0.15) is 12.4 Å². The van der Waals surface area contributed by atoms with Gasteiger partial charge < -0.3 is 26.2 Å². The molecule has 0 aliphatic heterocycles. The lowest BCUT2D eigenvalue weighted by atomic mass is 9.92. The number of nitrogen functional groups attached to an aromatic ring is 1. The molecule has 5 N–H and O–H groups in total. The number of sulfonamides is 1. The second-order valence-corrected chi connectivity index (χ2v) is 16.1. The molecule has 0 fully saturated rings. The fourth-order valence-corrected chi connectivity index (χ4v) is 7.77. The predicted molar refractivity (Wildman–Crippen MR) is 207 cm³/mol. The summed E-state index contributed by atoms with van der Waals surface area (Å²) in [4.78, 5) is 22.4. The third kappa shape index (κ3) is 14.9. The monoisotopic (exact) mass is 810 g/mol. The zero-order valence-electron chi connectivity index (χ0n) is 31.7. The molecule has 0 saturated heterocycles. The standard InChI is InChI=1S/C24H32F4N4O6S2.C13H12.C2H6/c1-23(2,3)9-10-32(40(36,37)14-5-6-16(29)15(25)11-14)17(13-33)18-7-8-19(39-18)21(24(26,27)28)31-20(34)12-30-22(35)38-4;1-3-7-12(8-4-1)11-13-9-5-2-6-10-13;1-2/h5-8,11,17,21,33H,9-10,12-13,29H2,1-4H3,(H,30,35)(H,31,34);1-10H,11H2;1-2H3. The van der Waals surface area contributed by atoms with Crippen molar-refractivity contribution >= 4 is 39.0 Å². The van der Waals surface area contributed by atoms with Gasteiger partial charge in [0, 0.05) is 16.3 Å². The highest BCUT2D eigenvalue weighted by Crippen LogP contribution is 2.40. The number of carbonyl (C=O) groups excluding carboxylic acids is 2. The first kappa shape index (κ1) is 46.6. The molecule has 0 bridgehead atoms. The maximum Gasteiger partial charge on any atom is 0.413 e. The van der Waals surface area contributed by atoms with Gasteiger partial charge >= 0.3 is 12.3 Å². The maximum atomic E-state index is 14.2. The van der Waals surface area contributed by atoms with E-state index in [1.165, 1.54) is 17.2 Å². The number of alkyl carbamates (subject to hydrolysis) is 1. The SMILES string of the molecule is CC.COC(=O)NCC(=O)NC(c1ccc(C(CO)N(CCC(C)(C)C)S(=O)(=O)c2ccc(N)c(F)c2)s1)C(F)(F)F.c1ccc(Cc2ccccc2)cc1. The molecule has 2 amide bonds. The number of rotatable bonds is 13. The summed E-state index contributed by atoms with van der Waals surface area (Å²) in [7, 11) is -3.44. The molecule has 10 nitrogen and oxygen atoms in total. The predicted octanol–water partition coefficient (Wildman–Crippen LogP) is 8.01. The number of benzene rings is 3. The number of hydrogen-bond acceptors (Lipinski definition) is 8. The normalized spacial score (nSPS) is 12.7. The molecule has 0 aliphatic carbocycles. The van der Waals surface area contributed by atoms with Crippen LogP contribution in [-0.2, 0) is 26.0 Å². The van der Waals surface area contributed by atoms with Gasteiger partial charge in [0.05, 0.1) is 30.3 Å². The highest BCUT2D eigenvalue weighted by Gasteiger charge is 2.43. The van der Waals surface area contributed by atoms with E-state index >= 15 is 0 Å². The van der Waals surface area contributed by atoms with Gasteiger partial charge in [0.15, 0.2) is 6.04 Å². The maximum absolute atomic E-state index is 14.2. The zero-order valence-corrected chi connectivity index (χ0v) is 33.3. The second-order valence-electron chi connectivity index (χ2n) is 13.1. The van der Waals surface area contributed by atoms with Crippen molar-refractivity contribution in [2.45, 2.75) is 70.6 Å². The highest BCUT2D eigenvalue weighted by molar-refractivity contribution is 7.89. The molecule has 302 valence electrons. The van der Waals surface area contributed by atoms with E-state index in [1.807, 2.05) is 39.9 Å². The molecular formula is C39H50F4N4O6S2. The first-order valence-corrected chi connectivity index (χ1v) is 19.6. The molecule has 0 aliphatic rings. The summed E-state index contributed by atoms with van der Waals surface area (Å²) in [6.45, 7) is 7.83. The Morgan fingerprint density at radius 3 is 1.93 bits per heavy atom. The van der Waals surface area contributed by atoms with Crippen LogP contribution in [0.1, 0.15) is 74.0 Å². The van der Waals surface area contributed by atoms with E-state index in [2.05, 4.69) is 65.4 Å². The van der Waals surface area contributed by atoms with E-state index in [0.29, 0.717) is 17.8 Å². The van der Waals surface area contributed by atoms with E-state index in [1.54, 1.807) is 5.32 Å². The Hall–Kier alpha value is -4.51. The van der Waals surface area contributed by atoms with E-state index in [0.717, 1.165) is 42.1 Å². The van der Waals surface area contributed by atoms with Crippen LogP contribution in [0.5, 0.6) is 0 Å². The molecule has 0 spiro atoms. The van der Waals surface area contributed by atoms with Crippen LogP contribution in [-0.4, -0.2) is 62.8 Å². The number of aliphatic hydroxyl groups excluding tert-OH is 1.